The average Bonchev–Trinajstić information content (AvgIpc) is 2.79. The first-order chi connectivity index (χ1) is 9.04. The van der Waals surface area contributed by atoms with E-state index in [2.05, 4.69) is 34.7 Å². The molecule has 1 aromatic carbocycles. The van der Waals surface area contributed by atoms with E-state index in [0.717, 1.165) is 11.3 Å². The summed E-state index contributed by atoms with van der Waals surface area (Å²) in [6, 6.07) is 6.34. The van der Waals surface area contributed by atoms with Crippen LogP contribution in [0.3, 0.4) is 0 Å². The van der Waals surface area contributed by atoms with Crippen molar-refractivity contribution in [3.05, 3.63) is 34.7 Å². The van der Waals surface area contributed by atoms with Crippen LogP contribution in [0.2, 0.25) is 5.02 Å². The van der Waals surface area contributed by atoms with E-state index < -0.39 is 0 Å². The van der Waals surface area contributed by atoms with E-state index in [9.17, 15) is 0 Å². The van der Waals surface area contributed by atoms with E-state index in [-0.39, 0.29) is 0 Å². The van der Waals surface area contributed by atoms with Gasteiger partial charge in [-0.25, -0.2) is 0 Å². The lowest BCUT2D eigenvalue weighted by Gasteiger charge is -2.06. The van der Waals surface area contributed by atoms with Crippen LogP contribution >= 0.6 is 11.6 Å². The lowest BCUT2D eigenvalue weighted by Crippen LogP contribution is -2.21. The third kappa shape index (κ3) is 3.94. The summed E-state index contributed by atoms with van der Waals surface area (Å²) in [5.74, 6) is 0.552. The average molecular weight is 281 g/mol. The number of hydrogen-bond donors (Lipinski definition) is 2. The van der Waals surface area contributed by atoms with Crippen LogP contribution in [-0.4, -0.2) is 16.2 Å². The van der Waals surface area contributed by atoms with Crippen molar-refractivity contribution in [2.24, 2.45) is 0 Å². The zero-order valence-electron chi connectivity index (χ0n) is 11.2. The van der Waals surface area contributed by atoms with Crippen molar-refractivity contribution in [1.29, 1.82) is 0 Å². The molecule has 0 amide bonds. The zero-order chi connectivity index (χ0) is 13.8. The quantitative estimate of drug-likeness (QED) is 0.880. The van der Waals surface area contributed by atoms with Gasteiger partial charge >= 0.3 is 6.01 Å². The molecule has 5 nitrogen and oxygen atoms in total. The highest BCUT2D eigenvalue weighted by molar-refractivity contribution is 6.30. The lowest BCUT2D eigenvalue weighted by molar-refractivity contribution is 0.460. The summed E-state index contributed by atoms with van der Waals surface area (Å²) in [6.07, 6.45) is 0. The van der Waals surface area contributed by atoms with E-state index in [0.29, 0.717) is 29.5 Å². The van der Waals surface area contributed by atoms with Gasteiger partial charge in [0.2, 0.25) is 5.89 Å². The fourth-order valence-corrected chi connectivity index (χ4v) is 1.68. The van der Waals surface area contributed by atoms with Gasteiger partial charge in [-0.3, -0.25) is 0 Å². The molecule has 1 heterocycles. The molecule has 2 N–H and O–H groups in total. The third-order valence-electron chi connectivity index (χ3n) is 2.57. The second-order valence-corrected chi connectivity index (χ2v) is 5.06. The minimum Gasteiger partial charge on any atom is -0.406 e. The van der Waals surface area contributed by atoms with E-state index in [4.69, 9.17) is 16.0 Å². The van der Waals surface area contributed by atoms with Crippen LogP contribution in [0, 0.1) is 6.92 Å². The molecule has 0 aliphatic rings. The Bertz CT molecular complexity index is 553. The third-order valence-corrected chi connectivity index (χ3v) is 2.80. The number of aryl methyl sites for hydroxylation is 1. The minimum atomic E-state index is 0.367. The van der Waals surface area contributed by atoms with Gasteiger partial charge in [0.1, 0.15) is 0 Å². The summed E-state index contributed by atoms with van der Waals surface area (Å²) < 4.78 is 5.49. The summed E-state index contributed by atoms with van der Waals surface area (Å²) in [6.45, 7) is 6.66. The predicted molar refractivity (Wildman–Crippen MR) is 75.7 cm³/mol. The Balaban J connectivity index is 2.05. The van der Waals surface area contributed by atoms with Crippen LogP contribution in [0.15, 0.2) is 22.6 Å². The van der Waals surface area contributed by atoms with Crippen molar-refractivity contribution < 1.29 is 4.42 Å². The van der Waals surface area contributed by atoms with Gasteiger partial charge in [0.05, 0.1) is 6.54 Å². The zero-order valence-corrected chi connectivity index (χ0v) is 12.0. The Morgan fingerprint density at radius 2 is 2.11 bits per heavy atom. The lowest BCUT2D eigenvalue weighted by atomic mass is 10.2. The molecule has 0 spiro atoms. The molecular formula is C13H17ClN4O. The molecule has 2 aromatic rings. The molecule has 1 aromatic heterocycles. The highest BCUT2D eigenvalue weighted by atomic mass is 35.5. The van der Waals surface area contributed by atoms with Crippen molar-refractivity contribution in [2.45, 2.75) is 33.4 Å². The fraction of sp³-hybridized carbons (Fsp3) is 0.385. The highest BCUT2D eigenvalue weighted by Gasteiger charge is 2.08. The fourth-order valence-electron chi connectivity index (χ4n) is 1.51. The summed E-state index contributed by atoms with van der Waals surface area (Å²) in [4.78, 5) is 0. The van der Waals surface area contributed by atoms with Gasteiger partial charge in [-0.15, -0.1) is 5.10 Å². The number of benzene rings is 1. The Labute approximate surface area is 117 Å². The number of anilines is 2. The van der Waals surface area contributed by atoms with Crippen LogP contribution < -0.4 is 10.6 Å². The number of nitrogens with one attached hydrogen (secondary N) is 2. The Morgan fingerprint density at radius 1 is 1.32 bits per heavy atom. The molecule has 0 atom stereocenters. The van der Waals surface area contributed by atoms with Crippen LogP contribution in [-0.2, 0) is 6.54 Å². The second-order valence-electron chi connectivity index (χ2n) is 4.62. The molecule has 0 fully saturated rings. The van der Waals surface area contributed by atoms with Gasteiger partial charge in [-0.05, 0) is 24.6 Å². The summed E-state index contributed by atoms with van der Waals surface area (Å²) in [5, 5.41) is 14.9. The maximum atomic E-state index is 5.96. The number of rotatable bonds is 5. The van der Waals surface area contributed by atoms with E-state index in [1.165, 1.54) is 0 Å². The molecule has 0 bridgehead atoms. The summed E-state index contributed by atoms with van der Waals surface area (Å²) in [5.41, 5.74) is 1.92. The predicted octanol–water partition coefficient (Wildman–Crippen LogP) is 3.27. The normalized spacial score (nSPS) is 11.0. The van der Waals surface area contributed by atoms with E-state index in [1.807, 2.05) is 25.1 Å². The molecular weight excluding hydrogens is 264 g/mol. The Kier molecular flexibility index (Phi) is 4.39. The van der Waals surface area contributed by atoms with Crippen molar-refractivity contribution in [1.82, 2.24) is 15.5 Å². The van der Waals surface area contributed by atoms with Crippen LogP contribution in [0.4, 0.5) is 11.7 Å². The van der Waals surface area contributed by atoms with Gasteiger partial charge in [0.15, 0.2) is 0 Å². The first-order valence-corrected chi connectivity index (χ1v) is 6.51. The van der Waals surface area contributed by atoms with E-state index in [1.54, 1.807) is 0 Å². The molecule has 0 aliphatic carbocycles. The molecule has 0 radical (unpaired) electrons. The summed E-state index contributed by atoms with van der Waals surface area (Å²) >= 11 is 5.96. The molecule has 2 rings (SSSR count). The maximum Gasteiger partial charge on any atom is 0.320 e. The minimum absolute atomic E-state index is 0.367. The Hall–Kier alpha value is -1.59. The second kappa shape index (κ2) is 6.04. The molecule has 0 saturated carbocycles. The molecule has 0 saturated heterocycles. The smallest absolute Gasteiger partial charge is 0.320 e. The van der Waals surface area contributed by atoms with Crippen molar-refractivity contribution in [3.63, 3.8) is 0 Å². The Morgan fingerprint density at radius 3 is 2.84 bits per heavy atom. The highest BCUT2D eigenvalue weighted by Crippen LogP contribution is 2.23. The first kappa shape index (κ1) is 13.8. The largest absolute Gasteiger partial charge is 0.406 e. The van der Waals surface area contributed by atoms with E-state index >= 15 is 0 Å². The van der Waals surface area contributed by atoms with Gasteiger partial charge < -0.3 is 15.1 Å². The monoisotopic (exact) mass is 280 g/mol. The van der Waals surface area contributed by atoms with Crippen molar-refractivity contribution in [2.75, 3.05) is 5.32 Å². The van der Waals surface area contributed by atoms with Gasteiger partial charge in [0.25, 0.3) is 0 Å². The van der Waals surface area contributed by atoms with Crippen LogP contribution in [0.1, 0.15) is 25.3 Å². The summed E-state index contributed by atoms with van der Waals surface area (Å²) in [7, 11) is 0. The number of aromatic nitrogens is 2. The molecule has 19 heavy (non-hydrogen) atoms. The standard InChI is InChI=1S/C13H17ClN4O/c1-8(2)15-7-12-17-18-13(19-12)16-11-6-10(14)5-4-9(11)3/h4-6,8,15H,7H2,1-3H3,(H,16,18). The number of hydrogen-bond acceptors (Lipinski definition) is 5. The van der Waals surface area contributed by atoms with Crippen molar-refractivity contribution >= 4 is 23.3 Å². The topological polar surface area (TPSA) is 63.0 Å². The molecule has 6 heteroatoms. The van der Waals surface area contributed by atoms with Gasteiger partial charge in [-0.1, -0.05) is 36.6 Å². The maximum absolute atomic E-state index is 5.96. The van der Waals surface area contributed by atoms with Gasteiger partial charge in [0, 0.05) is 16.8 Å². The molecule has 0 aliphatic heterocycles. The first-order valence-electron chi connectivity index (χ1n) is 6.13. The molecule has 102 valence electrons. The number of nitrogens with zero attached hydrogens (tertiary/aromatic N) is 2. The SMILES string of the molecule is Cc1ccc(Cl)cc1Nc1nnc(CNC(C)C)o1. The number of halogens is 1. The van der Waals surface area contributed by atoms with Crippen LogP contribution in [0.25, 0.3) is 0 Å². The van der Waals surface area contributed by atoms with Crippen molar-refractivity contribution in [3.8, 4) is 0 Å². The van der Waals surface area contributed by atoms with Crippen LogP contribution in [0.5, 0.6) is 0 Å². The van der Waals surface area contributed by atoms with Gasteiger partial charge in [-0.2, -0.15) is 0 Å². The molecule has 0 unspecified atom stereocenters.